The smallest absolute Gasteiger partial charge is 0.359 e. The molecule has 0 bridgehead atoms. The van der Waals surface area contributed by atoms with Crippen LogP contribution in [0.2, 0.25) is 0 Å². The Morgan fingerprint density at radius 1 is 1.10 bits per heavy atom. The van der Waals surface area contributed by atoms with Crippen LogP contribution >= 0.6 is 0 Å². The van der Waals surface area contributed by atoms with E-state index < -0.39 is 11.9 Å². The van der Waals surface area contributed by atoms with Gasteiger partial charge >= 0.3 is 11.9 Å². The SMILES string of the molecule is COC(=O)c1nc(Cc2ccccc2)n(C)c1C(=O)OC. The highest BCUT2D eigenvalue weighted by Crippen LogP contribution is 2.16. The zero-order valence-electron chi connectivity index (χ0n) is 12.1. The lowest BCUT2D eigenvalue weighted by Gasteiger charge is -2.05. The molecule has 1 aromatic carbocycles. The zero-order chi connectivity index (χ0) is 15.4. The third-order valence-electron chi connectivity index (χ3n) is 3.15. The second-order valence-corrected chi connectivity index (χ2v) is 4.43. The minimum absolute atomic E-state index is 0.0298. The summed E-state index contributed by atoms with van der Waals surface area (Å²) >= 11 is 0. The highest BCUT2D eigenvalue weighted by molar-refractivity contribution is 6.00. The largest absolute Gasteiger partial charge is 0.464 e. The molecule has 0 unspecified atom stereocenters. The quantitative estimate of drug-likeness (QED) is 0.799. The van der Waals surface area contributed by atoms with Crippen LogP contribution in [0.5, 0.6) is 0 Å². The average Bonchev–Trinajstić information content (AvgIpc) is 2.83. The lowest BCUT2D eigenvalue weighted by molar-refractivity contribution is 0.0544. The predicted octanol–water partition coefficient (Wildman–Crippen LogP) is 1.58. The van der Waals surface area contributed by atoms with Crippen LogP contribution in [0.25, 0.3) is 0 Å². The lowest BCUT2D eigenvalue weighted by Crippen LogP contribution is -2.14. The van der Waals surface area contributed by atoms with Gasteiger partial charge < -0.3 is 14.0 Å². The number of carbonyl (C=O) groups excluding carboxylic acids is 2. The van der Waals surface area contributed by atoms with E-state index in [-0.39, 0.29) is 11.4 Å². The summed E-state index contributed by atoms with van der Waals surface area (Å²) in [6.45, 7) is 0. The third kappa shape index (κ3) is 2.94. The van der Waals surface area contributed by atoms with Gasteiger partial charge in [0, 0.05) is 13.5 Å². The number of methoxy groups -OCH3 is 2. The van der Waals surface area contributed by atoms with Crippen molar-refractivity contribution in [2.24, 2.45) is 7.05 Å². The fraction of sp³-hybridized carbons (Fsp3) is 0.267. The number of rotatable bonds is 4. The Morgan fingerprint density at radius 2 is 1.71 bits per heavy atom. The average molecular weight is 288 g/mol. The number of carbonyl (C=O) groups is 2. The molecule has 0 aliphatic carbocycles. The van der Waals surface area contributed by atoms with Crippen molar-refractivity contribution in [3.05, 3.63) is 53.1 Å². The molecule has 1 heterocycles. The molecule has 0 N–H and O–H groups in total. The van der Waals surface area contributed by atoms with Gasteiger partial charge in [0.1, 0.15) is 5.82 Å². The number of ether oxygens (including phenoxy) is 2. The Morgan fingerprint density at radius 3 is 2.29 bits per heavy atom. The summed E-state index contributed by atoms with van der Waals surface area (Å²) in [7, 11) is 4.17. The highest BCUT2D eigenvalue weighted by Gasteiger charge is 2.27. The maximum absolute atomic E-state index is 11.9. The van der Waals surface area contributed by atoms with Gasteiger partial charge in [-0.15, -0.1) is 0 Å². The van der Waals surface area contributed by atoms with Crippen molar-refractivity contribution in [2.75, 3.05) is 14.2 Å². The number of benzene rings is 1. The molecule has 0 spiro atoms. The topological polar surface area (TPSA) is 70.4 Å². The molecule has 0 aliphatic heterocycles. The molecule has 6 heteroatoms. The van der Waals surface area contributed by atoms with Crippen molar-refractivity contribution in [3.8, 4) is 0 Å². The molecule has 21 heavy (non-hydrogen) atoms. The van der Waals surface area contributed by atoms with Crippen LogP contribution in [0.4, 0.5) is 0 Å². The fourth-order valence-corrected chi connectivity index (χ4v) is 2.05. The van der Waals surface area contributed by atoms with Crippen molar-refractivity contribution in [3.63, 3.8) is 0 Å². The normalized spacial score (nSPS) is 10.2. The molecule has 6 nitrogen and oxygen atoms in total. The first-order valence-electron chi connectivity index (χ1n) is 6.34. The zero-order valence-corrected chi connectivity index (χ0v) is 12.1. The van der Waals surface area contributed by atoms with Gasteiger partial charge in [-0.05, 0) is 5.56 Å². The van der Waals surface area contributed by atoms with Crippen LogP contribution in [0.15, 0.2) is 30.3 Å². The maximum atomic E-state index is 11.9. The van der Waals surface area contributed by atoms with Gasteiger partial charge in [0.2, 0.25) is 0 Å². The van der Waals surface area contributed by atoms with E-state index in [4.69, 9.17) is 4.74 Å². The van der Waals surface area contributed by atoms with Gasteiger partial charge in [-0.25, -0.2) is 14.6 Å². The lowest BCUT2D eigenvalue weighted by atomic mass is 10.1. The number of hydrogen-bond donors (Lipinski definition) is 0. The fourth-order valence-electron chi connectivity index (χ4n) is 2.05. The van der Waals surface area contributed by atoms with Gasteiger partial charge in [0.15, 0.2) is 11.4 Å². The molecular weight excluding hydrogens is 272 g/mol. The van der Waals surface area contributed by atoms with Crippen LogP contribution in [0.1, 0.15) is 32.4 Å². The molecule has 1 aromatic heterocycles. The van der Waals surface area contributed by atoms with Gasteiger partial charge in [-0.3, -0.25) is 0 Å². The second-order valence-electron chi connectivity index (χ2n) is 4.43. The first kappa shape index (κ1) is 14.8. The predicted molar refractivity (Wildman–Crippen MR) is 75.1 cm³/mol. The Kier molecular flexibility index (Phi) is 4.37. The van der Waals surface area contributed by atoms with E-state index in [1.54, 1.807) is 11.6 Å². The summed E-state index contributed by atoms with van der Waals surface area (Å²) in [5, 5.41) is 0. The molecular formula is C15H16N2O4. The van der Waals surface area contributed by atoms with Gasteiger partial charge in [-0.2, -0.15) is 0 Å². The first-order valence-corrected chi connectivity index (χ1v) is 6.34. The number of aromatic nitrogens is 2. The van der Waals surface area contributed by atoms with Crippen molar-refractivity contribution < 1.29 is 19.1 Å². The van der Waals surface area contributed by atoms with Crippen LogP contribution in [-0.2, 0) is 22.9 Å². The molecule has 0 fully saturated rings. The molecule has 110 valence electrons. The Bertz CT molecular complexity index is 662. The molecule has 2 rings (SSSR count). The Hall–Kier alpha value is -2.63. The van der Waals surface area contributed by atoms with Gasteiger partial charge in [0.05, 0.1) is 14.2 Å². The molecule has 0 atom stereocenters. The Labute approximate surface area is 122 Å². The van der Waals surface area contributed by atoms with E-state index in [1.807, 2.05) is 30.3 Å². The summed E-state index contributed by atoms with van der Waals surface area (Å²) in [5.41, 5.74) is 1.09. The minimum atomic E-state index is -0.662. The monoisotopic (exact) mass is 288 g/mol. The summed E-state index contributed by atoms with van der Waals surface area (Å²) < 4.78 is 10.9. The summed E-state index contributed by atoms with van der Waals surface area (Å²) in [6.07, 6.45) is 0.498. The van der Waals surface area contributed by atoms with Gasteiger partial charge in [0.25, 0.3) is 0 Å². The molecule has 0 radical (unpaired) electrons. The van der Waals surface area contributed by atoms with E-state index in [2.05, 4.69) is 9.72 Å². The molecule has 2 aromatic rings. The van der Waals surface area contributed by atoms with Crippen LogP contribution in [-0.4, -0.2) is 35.7 Å². The number of hydrogen-bond acceptors (Lipinski definition) is 5. The standard InChI is InChI=1S/C15H16N2O4/c1-17-11(9-10-7-5-4-6-8-10)16-12(14(18)20-2)13(17)15(19)21-3/h4-8H,9H2,1-3H3. The second kappa shape index (κ2) is 6.21. The van der Waals surface area contributed by atoms with Crippen molar-refractivity contribution >= 4 is 11.9 Å². The number of nitrogens with zero attached hydrogens (tertiary/aromatic N) is 2. The molecule has 0 aliphatic rings. The van der Waals surface area contributed by atoms with Crippen molar-refractivity contribution in [2.45, 2.75) is 6.42 Å². The summed E-state index contributed by atoms with van der Waals surface area (Å²) in [4.78, 5) is 27.8. The van der Waals surface area contributed by atoms with E-state index in [1.165, 1.54) is 14.2 Å². The van der Waals surface area contributed by atoms with Gasteiger partial charge in [-0.1, -0.05) is 30.3 Å². The third-order valence-corrected chi connectivity index (χ3v) is 3.15. The van der Waals surface area contributed by atoms with Crippen molar-refractivity contribution in [1.82, 2.24) is 9.55 Å². The minimum Gasteiger partial charge on any atom is -0.464 e. The summed E-state index contributed by atoms with van der Waals surface area (Å²) in [5.74, 6) is -0.697. The van der Waals surface area contributed by atoms with E-state index >= 15 is 0 Å². The highest BCUT2D eigenvalue weighted by atomic mass is 16.5. The van der Waals surface area contributed by atoms with Crippen molar-refractivity contribution in [1.29, 1.82) is 0 Å². The van der Waals surface area contributed by atoms with E-state index in [0.29, 0.717) is 12.2 Å². The first-order chi connectivity index (χ1) is 10.1. The van der Waals surface area contributed by atoms with Crippen LogP contribution < -0.4 is 0 Å². The molecule has 0 saturated carbocycles. The number of esters is 2. The van der Waals surface area contributed by atoms with Crippen LogP contribution in [0, 0.1) is 0 Å². The summed E-state index contributed by atoms with van der Waals surface area (Å²) in [6, 6.07) is 9.65. The van der Waals surface area contributed by atoms with Crippen LogP contribution in [0.3, 0.4) is 0 Å². The molecule has 0 saturated heterocycles. The van der Waals surface area contributed by atoms with E-state index in [0.717, 1.165) is 5.56 Å². The maximum Gasteiger partial charge on any atom is 0.359 e. The Balaban J connectivity index is 2.46. The number of imidazole rings is 1. The van der Waals surface area contributed by atoms with E-state index in [9.17, 15) is 9.59 Å². The molecule has 0 amide bonds.